The molecule has 1 rings (SSSR count). The summed E-state index contributed by atoms with van der Waals surface area (Å²) in [6.45, 7) is 0.669. The SMILES string of the molecule is O=C(NCCCCO)c1cc(Cl)cc(Cl)c1. The highest BCUT2D eigenvalue weighted by molar-refractivity contribution is 6.35. The first-order valence-electron chi connectivity index (χ1n) is 4.98. The summed E-state index contributed by atoms with van der Waals surface area (Å²) < 4.78 is 0. The van der Waals surface area contributed by atoms with Gasteiger partial charge in [-0.2, -0.15) is 0 Å². The second kappa shape index (κ2) is 6.74. The maximum Gasteiger partial charge on any atom is 0.251 e. The molecule has 0 aliphatic rings. The second-order valence-corrected chi connectivity index (χ2v) is 4.22. The van der Waals surface area contributed by atoms with Crippen LogP contribution in [0.5, 0.6) is 0 Å². The minimum Gasteiger partial charge on any atom is -0.396 e. The number of aliphatic hydroxyl groups excluding tert-OH is 1. The van der Waals surface area contributed by atoms with Gasteiger partial charge in [0.15, 0.2) is 0 Å². The predicted molar refractivity (Wildman–Crippen MR) is 65.1 cm³/mol. The van der Waals surface area contributed by atoms with Gasteiger partial charge in [0.25, 0.3) is 5.91 Å². The summed E-state index contributed by atoms with van der Waals surface area (Å²) >= 11 is 11.6. The highest BCUT2D eigenvalue weighted by Crippen LogP contribution is 2.18. The fourth-order valence-electron chi connectivity index (χ4n) is 1.23. The quantitative estimate of drug-likeness (QED) is 0.801. The highest BCUT2D eigenvalue weighted by atomic mass is 35.5. The number of unbranched alkanes of at least 4 members (excludes halogenated alkanes) is 1. The number of hydrogen-bond donors (Lipinski definition) is 2. The lowest BCUT2D eigenvalue weighted by molar-refractivity contribution is 0.0952. The van der Waals surface area contributed by atoms with Crippen LogP contribution < -0.4 is 5.32 Å². The monoisotopic (exact) mass is 261 g/mol. The Kier molecular flexibility index (Phi) is 5.60. The van der Waals surface area contributed by atoms with E-state index in [9.17, 15) is 4.79 Å². The lowest BCUT2D eigenvalue weighted by Gasteiger charge is -2.05. The molecule has 0 heterocycles. The van der Waals surface area contributed by atoms with Crippen molar-refractivity contribution < 1.29 is 9.90 Å². The standard InChI is InChI=1S/C11H13Cl2NO2/c12-9-5-8(6-10(13)7-9)11(16)14-3-1-2-4-15/h5-7,15H,1-4H2,(H,14,16). The van der Waals surface area contributed by atoms with Gasteiger partial charge in [-0.25, -0.2) is 0 Å². The predicted octanol–water partition coefficient (Wildman–Crippen LogP) is 2.50. The maximum atomic E-state index is 11.6. The number of rotatable bonds is 5. The van der Waals surface area contributed by atoms with E-state index >= 15 is 0 Å². The smallest absolute Gasteiger partial charge is 0.251 e. The summed E-state index contributed by atoms with van der Waals surface area (Å²) in [5.41, 5.74) is 0.446. The molecule has 0 saturated carbocycles. The third kappa shape index (κ3) is 4.39. The van der Waals surface area contributed by atoms with E-state index in [2.05, 4.69) is 5.32 Å². The van der Waals surface area contributed by atoms with E-state index in [1.54, 1.807) is 18.2 Å². The molecule has 0 aliphatic carbocycles. The van der Waals surface area contributed by atoms with E-state index in [-0.39, 0.29) is 12.5 Å². The summed E-state index contributed by atoms with van der Waals surface area (Å²) in [6, 6.07) is 4.70. The molecular weight excluding hydrogens is 249 g/mol. The largest absolute Gasteiger partial charge is 0.396 e. The van der Waals surface area contributed by atoms with E-state index in [4.69, 9.17) is 28.3 Å². The lowest BCUT2D eigenvalue weighted by atomic mass is 10.2. The van der Waals surface area contributed by atoms with Gasteiger partial charge in [0, 0.05) is 28.8 Å². The Hall–Kier alpha value is -0.770. The molecule has 88 valence electrons. The topological polar surface area (TPSA) is 49.3 Å². The number of carbonyl (C=O) groups is 1. The van der Waals surface area contributed by atoms with Gasteiger partial charge in [0.1, 0.15) is 0 Å². The Morgan fingerprint density at radius 3 is 2.38 bits per heavy atom. The number of hydrogen-bond acceptors (Lipinski definition) is 2. The Balaban J connectivity index is 2.52. The third-order valence-corrected chi connectivity index (χ3v) is 2.43. The average molecular weight is 262 g/mol. The first kappa shape index (κ1) is 13.3. The normalized spacial score (nSPS) is 10.2. The summed E-state index contributed by atoms with van der Waals surface area (Å²) in [7, 11) is 0. The van der Waals surface area contributed by atoms with E-state index in [1.165, 1.54) is 0 Å². The van der Waals surface area contributed by atoms with E-state index in [0.717, 1.165) is 6.42 Å². The first-order valence-corrected chi connectivity index (χ1v) is 5.74. The molecule has 0 fully saturated rings. The van der Waals surface area contributed by atoms with Crippen molar-refractivity contribution in [3.05, 3.63) is 33.8 Å². The molecule has 0 radical (unpaired) electrons. The van der Waals surface area contributed by atoms with Gasteiger partial charge < -0.3 is 10.4 Å². The molecule has 0 atom stereocenters. The molecule has 0 aliphatic heterocycles. The Labute approximate surface area is 104 Å². The summed E-state index contributed by atoms with van der Waals surface area (Å²) in [5, 5.41) is 12.2. The van der Waals surface area contributed by atoms with E-state index in [0.29, 0.717) is 28.6 Å². The van der Waals surface area contributed by atoms with Crippen LogP contribution in [0.15, 0.2) is 18.2 Å². The number of benzene rings is 1. The van der Waals surface area contributed by atoms with E-state index in [1.807, 2.05) is 0 Å². The van der Waals surface area contributed by atoms with Crippen LogP contribution in [-0.4, -0.2) is 24.2 Å². The third-order valence-electron chi connectivity index (χ3n) is 2.00. The van der Waals surface area contributed by atoms with Crippen molar-refractivity contribution in [3.63, 3.8) is 0 Å². The molecule has 1 aromatic carbocycles. The zero-order valence-electron chi connectivity index (χ0n) is 8.67. The van der Waals surface area contributed by atoms with Crippen molar-refractivity contribution in [2.24, 2.45) is 0 Å². The van der Waals surface area contributed by atoms with Crippen LogP contribution in [0.4, 0.5) is 0 Å². The summed E-state index contributed by atoms with van der Waals surface area (Å²) in [4.78, 5) is 11.6. The molecule has 0 bridgehead atoms. The van der Waals surface area contributed by atoms with Gasteiger partial charge in [0.05, 0.1) is 0 Å². The van der Waals surface area contributed by atoms with Gasteiger partial charge >= 0.3 is 0 Å². The Bertz CT molecular complexity index is 349. The van der Waals surface area contributed by atoms with Gasteiger partial charge in [-0.1, -0.05) is 23.2 Å². The Morgan fingerprint density at radius 2 is 1.81 bits per heavy atom. The number of carbonyl (C=O) groups excluding carboxylic acids is 1. The first-order chi connectivity index (χ1) is 7.63. The minimum absolute atomic E-state index is 0.138. The van der Waals surface area contributed by atoms with Crippen molar-refractivity contribution in [3.8, 4) is 0 Å². The molecule has 3 nitrogen and oxygen atoms in total. The molecule has 2 N–H and O–H groups in total. The van der Waals surface area contributed by atoms with Crippen molar-refractivity contribution in [2.45, 2.75) is 12.8 Å². The van der Waals surface area contributed by atoms with Gasteiger partial charge in [-0.05, 0) is 31.0 Å². The van der Waals surface area contributed by atoms with Gasteiger partial charge in [-0.15, -0.1) is 0 Å². The summed E-state index contributed by atoms with van der Waals surface area (Å²) in [5.74, 6) is -0.206. The van der Waals surface area contributed by atoms with Crippen molar-refractivity contribution >= 4 is 29.1 Å². The average Bonchev–Trinajstić information content (AvgIpc) is 2.22. The number of nitrogens with one attached hydrogen (secondary N) is 1. The Morgan fingerprint density at radius 1 is 1.19 bits per heavy atom. The van der Waals surface area contributed by atoms with Crippen molar-refractivity contribution in [2.75, 3.05) is 13.2 Å². The molecule has 0 saturated heterocycles. The van der Waals surface area contributed by atoms with Crippen LogP contribution in [0, 0.1) is 0 Å². The molecular formula is C11H13Cl2NO2. The zero-order chi connectivity index (χ0) is 12.0. The van der Waals surface area contributed by atoms with Crippen LogP contribution in [-0.2, 0) is 0 Å². The van der Waals surface area contributed by atoms with Crippen LogP contribution in [0.1, 0.15) is 23.2 Å². The molecule has 5 heteroatoms. The molecule has 0 aromatic heterocycles. The van der Waals surface area contributed by atoms with Crippen LogP contribution in [0.3, 0.4) is 0 Å². The van der Waals surface area contributed by atoms with Crippen molar-refractivity contribution in [1.29, 1.82) is 0 Å². The molecule has 1 aromatic rings. The molecule has 16 heavy (non-hydrogen) atoms. The van der Waals surface area contributed by atoms with Crippen LogP contribution in [0.2, 0.25) is 10.0 Å². The molecule has 1 amide bonds. The molecule has 0 spiro atoms. The fraction of sp³-hybridized carbons (Fsp3) is 0.364. The van der Waals surface area contributed by atoms with Gasteiger partial charge in [-0.3, -0.25) is 4.79 Å². The summed E-state index contributed by atoms with van der Waals surface area (Å²) in [6.07, 6.45) is 1.42. The van der Waals surface area contributed by atoms with Gasteiger partial charge in [0.2, 0.25) is 0 Å². The fourth-order valence-corrected chi connectivity index (χ4v) is 1.75. The second-order valence-electron chi connectivity index (χ2n) is 3.34. The number of aliphatic hydroxyl groups is 1. The number of amides is 1. The van der Waals surface area contributed by atoms with Crippen LogP contribution in [0.25, 0.3) is 0 Å². The maximum absolute atomic E-state index is 11.6. The molecule has 0 unspecified atom stereocenters. The minimum atomic E-state index is -0.206. The van der Waals surface area contributed by atoms with E-state index < -0.39 is 0 Å². The number of halogens is 2. The van der Waals surface area contributed by atoms with Crippen LogP contribution >= 0.6 is 23.2 Å². The lowest BCUT2D eigenvalue weighted by Crippen LogP contribution is -2.24. The van der Waals surface area contributed by atoms with Crippen molar-refractivity contribution in [1.82, 2.24) is 5.32 Å². The zero-order valence-corrected chi connectivity index (χ0v) is 10.2. The highest BCUT2D eigenvalue weighted by Gasteiger charge is 2.06.